The van der Waals surface area contributed by atoms with E-state index in [2.05, 4.69) is 21.3 Å². The smallest absolute Gasteiger partial charge is 0.312 e. The number of nitrogens with zero attached hydrogens (tertiary/aromatic N) is 1. The summed E-state index contributed by atoms with van der Waals surface area (Å²) >= 11 is 0. The summed E-state index contributed by atoms with van der Waals surface area (Å²) in [6.45, 7) is 4.18. The summed E-state index contributed by atoms with van der Waals surface area (Å²) in [6, 6.07) is 3.88. The number of benzene rings is 1. The Morgan fingerprint density at radius 3 is 2.26 bits per heavy atom. The number of nitrogens with one attached hydrogen (secondary N) is 4. The van der Waals surface area contributed by atoms with Crippen molar-refractivity contribution in [2.75, 3.05) is 31.6 Å². The minimum absolute atomic E-state index is 0.000128. The molecule has 0 unspecified atom stereocenters. The molecule has 2 rings (SSSR count). The molecule has 0 saturated heterocycles. The van der Waals surface area contributed by atoms with Crippen LogP contribution in [0.2, 0.25) is 0 Å². The van der Waals surface area contributed by atoms with E-state index in [9.17, 15) is 33.6 Å². The number of nitrogens with two attached hydrogens (primary N) is 1. The lowest BCUT2D eigenvalue weighted by Crippen LogP contribution is -2.54. The van der Waals surface area contributed by atoms with Crippen LogP contribution in [0.4, 0.5) is 10.5 Å². The zero-order valence-electron chi connectivity index (χ0n) is 24.1. The zero-order valence-corrected chi connectivity index (χ0v) is 24.1. The Hall–Kier alpha value is -4.79. The monoisotopic (exact) mass is 602 g/mol. The zero-order chi connectivity index (χ0) is 31.8. The van der Waals surface area contributed by atoms with Crippen LogP contribution in [0, 0.1) is 5.92 Å². The molecule has 43 heavy (non-hydrogen) atoms. The molecule has 7 amide bonds. The van der Waals surface area contributed by atoms with Crippen molar-refractivity contribution < 1.29 is 43.0 Å². The minimum atomic E-state index is -1.01. The molecule has 0 spiro atoms. The van der Waals surface area contributed by atoms with E-state index in [1.807, 2.05) is 0 Å². The number of urea groups is 1. The van der Waals surface area contributed by atoms with Gasteiger partial charge in [-0.25, -0.2) is 4.79 Å². The summed E-state index contributed by atoms with van der Waals surface area (Å²) in [6.07, 6.45) is 2.75. The predicted octanol–water partition coefficient (Wildman–Crippen LogP) is -0.296. The van der Waals surface area contributed by atoms with Crippen LogP contribution in [0.15, 0.2) is 36.4 Å². The molecule has 15 nitrogen and oxygen atoms in total. The fourth-order valence-electron chi connectivity index (χ4n) is 3.95. The predicted molar refractivity (Wildman–Crippen MR) is 153 cm³/mol. The molecule has 0 fully saturated rings. The lowest BCUT2D eigenvalue weighted by atomic mass is 10.0. The van der Waals surface area contributed by atoms with Crippen molar-refractivity contribution in [1.29, 1.82) is 0 Å². The van der Waals surface area contributed by atoms with E-state index in [1.54, 1.807) is 38.1 Å². The summed E-state index contributed by atoms with van der Waals surface area (Å²) in [5.41, 5.74) is 6.25. The van der Waals surface area contributed by atoms with Crippen LogP contribution in [0.25, 0.3) is 0 Å². The Kier molecular flexibility index (Phi) is 14.3. The van der Waals surface area contributed by atoms with E-state index in [1.165, 1.54) is 12.2 Å². The quantitative estimate of drug-likeness (QED) is 0.0797. The largest absolute Gasteiger partial charge is 0.463 e. The average Bonchev–Trinajstić information content (AvgIpc) is 3.28. The molecule has 1 heterocycles. The van der Waals surface area contributed by atoms with Gasteiger partial charge in [-0.15, -0.1) is 0 Å². The third-order valence-electron chi connectivity index (χ3n) is 6.24. The maximum absolute atomic E-state index is 13.2. The highest BCUT2D eigenvalue weighted by atomic mass is 16.5. The molecule has 234 valence electrons. The molecular weight excluding hydrogens is 564 g/mol. The number of amides is 7. The summed E-state index contributed by atoms with van der Waals surface area (Å²) in [7, 11) is 0. The van der Waals surface area contributed by atoms with Crippen molar-refractivity contribution in [2.24, 2.45) is 11.7 Å². The lowest BCUT2D eigenvalue weighted by Gasteiger charge is -2.25. The van der Waals surface area contributed by atoms with Gasteiger partial charge >= 0.3 is 6.03 Å². The van der Waals surface area contributed by atoms with Crippen molar-refractivity contribution in [3.8, 4) is 0 Å². The minimum Gasteiger partial charge on any atom is -0.463 e. The third kappa shape index (κ3) is 12.3. The Balaban J connectivity index is 1.93. The topological polar surface area (TPSA) is 215 Å². The van der Waals surface area contributed by atoms with E-state index in [4.69, 9.17) is 15.2 Å². The van der Waals surface area contributed by atoms with Gasteiger partial charge < -0.3 is 36.5 Å². The first-order valence-corrected chi connectivity index (χ1v) is 13.7. The number of hydrogen-bond acceptors (Lipinski definition) is 9. The first kappa shape index (κ1) is 34.4. The van der Waals surface area contributed by atoms with Crippen LogP contribution < -0.4 is 27.0 Å². The molecule has 1 aliphatic rings. The highest BCUT2D eigenvalue weighted by Gasteiger charge is 2.29. The Morgan fingerprint density at radius 1 is 0.977 bits per heavy atom. The molecule has 1 aliphatic heterocycles. The van der Waals surface area contributed by atoms with Gasteiger partial charge in [0, 0.05) is 30.8 Å². The second-order valence-electron chi connectivity index (χ2n) is 9.90. The molecule has 1 aromatic carbocycles. The van der Waals surface area contributed by atoms with Crippen LogP contribution in [-0.2, 0) is 44.8 Å². The maximum atomic E-state index is 13.2. The van der Waals surface area contributed by atoms with Crippen molar-refractivity contribution in [3.63, 3.8) is 0 Å². The second kappa shape index (κ2) is 17.9. The van der Waals surface area contributed by atoms with Crippen LogP contribution in [-0.4, -0.2) is 85.3 Å². The summed E-state index contributed by atoms with van der Waals surface area (Å²) in [5.74, 6) is -2.73. The van der Waals surface area contributed by atoms with Gasteiger partial charge in [0.15, 0.2) is 0 Å². The lowest BCUT2D eigenvalue weighted by molar-refractivity contribution is -0.138. The van der Waals surface area contributed by atoms with Crippen molar-refractivity contribution in [3.05, 3.63) is 42.0 Å². The molecule has 6 N–H and O–H groups in total. The summed E-state index contributed by atoms with van der Waals surface area (Å²) in [5, 5.41) is 10.5. The SMILES string of the molecule is CC(C)[C@H](NC(=O)CCOCCN1C(=O)C=CC1=O)C(=O)N[C@@H](CCCNC(N)=O)C(=O)Nc1ccc(COC=O)cc1. The molecule has 0 radical (unpaired) electrons. The van der Waals surface area contributed by atoms with Gasteiger partial charge in [-0.05, 0) is 36.5 Å². The van der Waals surface area contributed by atoms with E-state index in [0.29, 0.717) is 24.1 Å². The molecular formula is C28H38N6O9. The van der Waals surface area contributed by atoms with E-state index in [-0.39, 0.29) is 51.7 Å². The van der Waals surface area contributed by atoms with Gasteiger partial charge in [0.05, 0.1) is 19.8 Å². The molecule has 1 aromatic rings. The first-order valence-electron chi connectivity index (χ1n) is 13.7. The number of ether oxygens (including phenoxy) is 2. The number of primary amides is 1. The van der Waals surface area contributed by atoms with Crippen LogP contribution in [0.1, 0.15) is 38.7 Å². The van der Waals surface area contributed by atoms with E-state index < -0.39 is 47.7 Å². The summed E-state index contributed by atoms with van der Waals surface area (Å²) in [4.78, 5) is 84.4. The Morgan fingerprint density at radius 2 is 1.65 bits per heavy atom. The molecule has 2 atom stereocenters. The number of hydrogen-bond donors (Lipinski definition) is 5. The molecule has 0 saturated carbocycles. The second-order valence-corrected chi connectivity index (χ2v) is 9.90. The Bertz CT molecular complexity index is 1170. The number of carbonyl (C=O) groups excluding carboxylic acids is 7. The first-order chi connectivity index (χ1) is 20.5. The van der Waals surface area contributed by atoms with Gasteiger partial charge in [0.1, 0.15) is 18.7 Å². The number of carbonyl (C=O) groups is 7. The maximum Gasteiger partial charge on any atom is 0.312 e. The average molecular weight is 603 g/mol. The van der Waals surface area contributed by atoms with Gasteiger partial charge in [-0.3, -0.25) is 33.7 Å². The van der Waals surface area contributed by atoms with Gasteiger partial charge in [-0.1, -0.05) is 26.0 Å². The fourth-order valence-corrected chi connectivity index (χ4v) is 3.95. The summed E-state index contributed by atoms with van der Waals surface area (Å²) < 4.78 is 10.1. The van der Waals surface area contributed by atoms with E-state index in [0.717, 1.165) is 4.90 Å². The number of anilines is 1. The van der Waals surface area contributed by atoms with Crippen LogP contribution >= 0.6 is 0 Å². The van der Waals surface area contributed by atoms with Crippen molar-refractivity contribution >= 4 is 47.7 Å². The molecule has 0 aliphatic carbocycles. The number of rotatable bonds is 19. The Labute approximate surface area is 248 Å². The van der Waals surface area contributed by atoms with Crippen molar-refractivity contribution in [1.82, 2.24) is 20.9 Å². The third-order valence-corrected chi connectivity index (χ3v) is 6.24. The van der Waals surface area contributed by atoms with Gasteiger partial charge in [0.25, 0.3) is 18.3 Å². The normalized spacial score (nSPS) is 13.8. The van der Waals surface area contributed by atoms with Crippen molar-refractivity contribution in [2.45, 2.75) is 51.8 Å². The standard InChI is InChI=1S/C28H38N6O9/c1-18(2)25(33-22(36)11-14-42-15-13-34-23(37)9-10-24(34)38)27(40)32-21(4-3-12-30-28(29)41)26(39)31-20-7-5-19(6-8-20)16-43-17-35/h5-10,17-18,21,25H,3-4,11-16H2,1-2H3,(H,31,39)(H,32,40)(H,33,36)(H3,29,30,41)/t21-,25-/m0/s1. The van der Waals surface area contributed by atoms with Crippen LogP contribution in [0.3, 0.4) is 0 Å². The van der Waals surface area contributed by atoms with Gasteiger partial charge in [-0.2, -0.15) is 0 Å². The molecule has 0 bridgehead atoms. The highest BCUT2D eigenvalue weighted by molar-refractivity contribution is 6.12. The highest BCUT2D eigenvalue weighted by Crippen LogP contribution is 2.12. The van der Waals surface area contributed by atoms with Gasteiger partial charge in [0.2, 0.25) is 17.7 Å². The number of imide groups is 1. The molecule has 0 aromatic heterocycles. The fraction of sp³-hybridized carbons (Fsp3) is 0.464. The molecule has 15 heteroatoms. The van der Waals surface area contributed by atoms with E-state index >= 15 is 0 Å². The van der Waals surface area contributed by atoms with Crippen LogP contribution in [0.5, 0.6) is 0 Å².